The van der Waals surface area contributed by atoms with Crippen LogP contribution in [0.4, 0.5) is 0 Å². The fourth-order valence-electron chi connectivity index (χ4n) is 2.20. The number of aromatic nitrogens is 1. The van der Waals surface area contributed by atoms with Crippen molar-refractivity contribution in [1.29, 1.82) is 0 Å². The molecule has 0 saturated carbocycles. The summed E-state index contributed by atoms with van der Waals surface area (Å²) < 4.78 is 0. The predicted octanol–water partition coefficient (Wildman–Crippen LogP) is 2.01. The molecule has 0 aliphatic carbocycles. The minimum atomic E-state index is 0.395. The SMILES string of the molecule is CC(CN)c1csc(C2CCCN(C)C2)n1. The summed E-state index contributed by atoms with van der Waals surface area (Å²) >= 11 is 1.81. The first-order valence-corrected chi connectivity index (χ1v) is 6.92. The lowest BCUT2D eigenvalue weighted by molar-refractivity contribution is 0.250. The maximum Gasteiger partial charge on any atom is 0.0972 e. The number of nitrogens with zero attached hydrogens (tertiary/aromatic N) is 2. The maximum absolute atomic E-state index is 5.67. The Morgan fingerprint density at radius 2 is 2.50 bits per heavy atom. The molecule has 1 saturated heterocycles. The molecule has 1 aromatic heterocycles. The quantitative estimate of drug-likeness (QED) is 0.877. The third-order valence-corrected chi connectivity index (χ3v) is 4.40. The van der Waals surface area contributed by atoms with Crippen LogP contribution in [0.5, 0.6) is 0 Å². The van der Waals surface area contributed by atoms with Gasteiger partial charge in [0.1, 0.15) is 0 Å². The molecule has 2 atom stereocenters. The van der Waals surface area contributed by atoms with E-state index in [4.69, 9.17) is 10.7 Å². The van der Waals surface area contributed by atoms with Crippen molar-refractivity contribution in [2.24, 2.45) is 5.73 Å². The Hall–Kier alpha value is -0.450. The molecular formula is C12H21N3S. The zero-order chi connectivity index (χ0) is 11.5. The summed E-state index contributed by atoms with van der Waals surface area (Å²) in [5, 5.41) is 3.49. The Labute approximate surface area is 102 Å². The van der Waals surface area contributed by atoms with E-state index in [1.165, 1.54) is 30.1 Å². The van der Waals surface area contributed by atoms with Crippen molar-refractivity contribution in [2.75, 3.05) is 26.7 Å². The second kappa shape index (κ2) is 5.25. The van der Waals surface area contributed by atoms with Crippen LogP contribution < -0.4 is 5.73 Å². The third-order valence-electron chi connectivity index (χ3n) is 3.37. The molecule has 3 nitrogen and oxygen atoms in total. The van der Waals surface area contributed by atoms with Gasteiger partial charge in [-0.05, 0) is 26.4 Å². The lowest BCUT2D eigenvalue weighted by Crippen LogP contribution is -2.30. The molecule has 2 rings (SSSR count). The van der Waals surface area contributed by atoms with Crippen LogP contribution in [-0.2, 0) is 0 Å². The van der Waals surface area contributed by atoms with Gasteiger partial charge in [0.05, 0.1) is 10.7 Å². The van der Waals surface area contributed by atoms with Gasteiger partial charge in [0.2, 0.25) is 0 Å². The molecular weight excluding hydrogens is 218 g/mol. The zero-order valence-corrected chi connectivity index (χ0v) is 11.0. The molecule has 0 radical (unpaired) electrons. The Morgan fingerprint density at radius 3 is 3.19 bits per heavy atom. The third kappa shape index (κ3) is 2.62. The highest BCUT2D eigenvalue weighted by atomic mass is 32.1. The van der Waals surface area contributed by atoms with Crippen LogP contribution in [0.25, 0.3) is 0 Å². The van der Waals surface area contributed by atoms with Crippen molar-refractivity contribution in [2.45, 2.75) is 31.6 Å². The molecule has 16 heavy (non-hydrogen) atoms. The normalized spacial score (nSPS) is 24.6. The van der Waals surface area contributed by atoms with E-state index < -0.39 is 0 Å². The number of rotatable bonds is 3. The Morgan fingerprint density at radius 1 is 1.69 bits per heavy atom. The molecule has 2 heterocycles. The number of piperidine rings is 1. The van der Waals surface area contributed by atoms with Crippen molar-refractivity contribution >= 4 is 11.3 Å². The van der Waals surface area contributed by atoms with Gasteiger partial charge >= 0.3 is 0 Å². The lowest BCUT2D eigenvalue weighted by atomic mass is 9.99. The maximum atomic E-state index is 5.67. The monoisotopic (exact) mass is 239 g/mol. The van der Waals surface area contributed by atoms with E-state index in [0.29, 0.717) is 18.4 Å². The van der Waals surface area contributed by atoms with Crippen molar-refractivity contribution in [3.63, 3.8) is 0 Å². The van der Waals surface area contributed by atoms with Crippen LogP contribution >= 0.6 is 11.3 Å². The lowest BCUT2D eigenvalue weighted by Gasteiger charge is -2.28. The predicted molar refractivity (Wildman–Crippen MR) is 69.1 cm³/mol. The van der Waals surface area contributed by atoms with Gasteiger partial charge in [-0.15, -0.1) is 11.3 Å². The fourth-order valence-corrected chi connectivity index (χ4v) is 3.27. The first kappa shape index (κ1) is 12.0. The summed E-state index contributed by atoms with van der Waals surface area (Å²) in [6.07, 6.45) is 2.58. The van der Waals surface area contributed by atoms with Crippen molar-refractivity contribution in [3.05, 3.63) is 16.1 Å². The summed E-state index contributed by atoms with van der Waals surface area (Å²) in [4.78, 5) is 7.16. The Bertz CT molecular complexity index is 337. The average molecular weight is 239 g/mol. The Balaban J connectivity index is 2.06. The van der Waals surface area contributed by atoms with Gasteiger partial charge in [0.15, 0.2) is 0 Å². The number of hydrogen-bond acceptors (Lipinski definition) is 4. The molecule has 1 aliphatic rings. The summed E-state index contributed by atoms with van der Waals surface area (Å²) in [5.41, 5.74) is 6.85. The summed E-state index contributed by atoms with van der Waals surface area (Å²) in [5.74, 6) is 1.04. The minimum absolute atomic E-state index is 0.395. The standard InChI is InChI=1S/C12H21N3S/c1-9(6-13)11-8-16-12(14-11)10-4-3-5-15(2)7-10/h8-10H,3-7,13H2,1-2H3. The molecule has 4 heteroatoms. The van der Waals surface area contributed by atoms with E-state index in [-0.39, 0.29) is 0 Å². The second-order valence-corrected chi connectivity index (χ2v) is 5.74. The zero-order valence-electron chi connectivity index (χ0n) is 10.1. The molecule has 1 fully saturated rings. The number of thiazole rings is 1. The van der Waals surface area contributed by atoms with E-state index in [2.05, 4.69) is 24.3 Å². The van der Waals surface area contributed by atoms with Gasteiger partial charge in [-0.3, -0.25) is 0 Å². The number of likely N-dealkylation sites (N-methyl/N-ethyl adjacent to an activating group) is 1. The topological polar surface area (TPSA) is 42.1 Å². The molecule has 90 valence electrons. The first-order valence-electron chi connectivity index (χ1n) is 6.04. The van der Waals surface area contributed by atoms with Crippen LogP contribution in [0.3, 0.4) is 0 Å². The highest BCUT2D eigenvalue weighted by Gasteiger charge is 2.22. The molecule has 0 spiro atoms. The highest BCUT2D eigenvalue weighted by molar-refractivity contribution is 7.09. The molecule has 2 N–H and O–H groups in total. The summed E-state index contributed by atoms with van der Waals surface area (Å²) in [6, 6.07) is 0. The summed E-state index contributed by atoms with van der Waals surface area (Å²) in [7, 11) is 2.20. The van der Waals surface area contributed by atoms with E-state index in [0.717, 1.165) is 6.54 Å². The van der Waals surface area contributed by atoms with Gasteiger partial charge in [-0.1, -0.05) is 6.92 Å². The van der Waals surface area contributed by atoms with Crippen molar-refractivity contribution in [1.82, 2.24) is 9.88 Å². The van der Waals surface area contributed by atoms with E-state index >= 15 is 0 Å². The van der Waals surface area contributed by atoms with Gasteiger partial charge in [0.25, 0.3) is 0 Å². The Kier molecular flexibility index (Phi) is 3.95. The molecule has 0 amide bonds. The number of likely N-dealkylation sites (tertiary alicyclic amines) is 1. The highest BCUT2D eigenvalue weighted by Crippen LogP contribution is 2.30. The molecule has 1 aromatic rings. The van der Waals surface area contributed by atoms with Crippen LogP contribution in [0.15, 0.2) is 5.38 Å². The van der Waals surface area contributed by atoms with Gasteiger partial charge < -0.3 is 10.6 Å². The molecule has 2 unspecified atom stereocenters. The largest absolute Gasteiger partial charge is 0.330 e. The van der Waals surface area contributed by atoms with Gasteiger partial charge in [-0.2, -0.15) is 0 Å². The molecule has 0 bridgehead atoms. The molecule has 1 aliphatic heterocycles. The van der Waals surface area contributed by atoms with Crippen LogP contribution in [-0.4, -0.2) is 36.6 Å². The van der Waals surface area contributed by atoms with Gasteiger partial charge in [0, 0.05) is 30.3 Å². The number of hydrogen-bond donors (Lipinski definition) is 1. The van der Waals surface area contributed by atoms with Crippen LogP contribution in [0, 0.1) is 0 Å². The first-order chi connectivity index (χ1) is 7.70. The number of nitrogens with two attached hydrogens (primary N) is 1. The van der Waals surface area contributed by atoms with E-state index in [1.807, 2.05) is 11.3 Å². The average Bonchev–Trinajstić information content (AvgIpc) is 2.77. The van der Waals surface area contributed by atoms with Crippen molar-refractivity contribution < 1.29 is 0 Å². The van der Waals surface area contributed by atoms with Gasteiger partial charge in [-0.25, -0.2) is 4.98 Å². The minimum Gasteiger partial charge on any atom is -0.330 e. The van der Waals surface area contributed by atoms with E-state index in [9.17, 15) is 0 Å². The van der Waals surface area contributed by atoms with Crippen molar-refractivity contribution in [3.8, 4) is 0 Å². The van der Waals surface area contributed by atoms with Crippen LogP contribution in [0.1, 0.15) is 42.3 Å². The van der Waals surface area contributed by atoms with Crippen LogP contribution in [0.2, 0.25) is 0 Å². The smallest absolute Gasteiger partial charge is 0.0972 e. The fraction of sp³-hybridized carbons (Fsp3) is 0.750. The second-order valence-electron chi connectivity index (χ2n) is 4.85. The summed E-state index contributed by atoms with van der Waals surface area (Å²) in [6.45, 7) is 5.22. The van der Waals surface area contributed by atoms with E-state index in [1.54, 1.807) is 0 Å². The molecule has 0 aromatic carbocycles.